The van der Waals surface area contributed by atoms with Gasteiger partial charge in [-0.15, -0.1) is 0 Å². The number of pyridine rings is 1. The van der Waals surface area contributed by atoms with Crippen LogP contribution in [0, 0.1) is 6.92 Å². The van der Waals surface area contributed by atoms with Crippen LogP contribution in [-0.4, -0.2) is 98.9 Å². The van der Waals surface area contributed by atoms with Crippen LogP contribution in [0.15, 0.2) is 18.5 Å². The Kier molecular flexibility index (Phi) is 8.01. The maximum absolute atomic E-state index is 4.51. The lowest BCUT2D eigenvalue weighted by Crippen LogP contribution is -2.74. The van der Waals surface area contributed by atoms with Crippen molar-refractivity contribution in [1.29, 1.82) is 0 Å². The average Bonchev–Trinajstić information content (AvgIpc) is 3.45. The van der Waals surface area contributed by atoms with E-state index in [4.69, 9.17) is 0 Å². The minimum atomic E-state index is 0.0323. The molecule has 0 unspecified atom stereocenters. The lowest BCUT2D eigenvalue weighted by atomic mass is 10.3. The number of rotatable bonds is 7. The first kappa shape index (κ1) is 21.8. The molecule has 28 heavy (non-hydrogen) atoms. The number of anilines is 1. The van der Waals surface area contributed by atoms with E-state index in [-0.39, 0.29) is 64.4 Å². The summed E-state index contributed by atoms with van der Waals surface area (Å²) in [6, 6.07) is 4.62. The molecule has 0 N–H and O–H groups in total. The fourth-order valence-electron chi connectivity index (χ4n) is 6.29. The molecule has 1 aliphatic heterocycles. The van der Waals surface area contributed by atoms with Gasteiger partial charge in [-0.05, 0) is 63.1 Å². The van der Waals surface area contributed by atoms with Gasteiger partial charge in [0.25, 0.3) is 0 Å². The maximum Gasteiger partial charge on any atom is 0.217 e. The van der Waals surface area contributed by atoms with E-state index in [1.54, 1.807) is 57.1 Å². The van der Waals surface area contributed by atoms with E-state index in [0.29, 0.717) is 0 Å². The van der Waals surface area contributed by atoms with Gasteiger partial charge in [0.05, 0.1) is 9.20 Å². The summed E-state index contributed by atoms with van der Waals surface area (Å²) in [6.07, 6.45) is 17.0. The van der Waals surface area contributed by atoms with Gasteiger partial charge < -0.3 is 11.9 Å². The summed E-state index contributed by atoms with van der Waals surface area (Å²) in [4.78, 5) is 4.51. The zero-order valence-corrected chi connectivity index (χ0v) is 30.2. The van der Waals surface area contributed by atoms with Gasteiger partial charge in [0.1, 0.15) is 18.4 Å². The molecule has 2 saturated carbocycles. The van der Waals surface area contributed by atoms with Gasteiger partial charge in [-0.3, -0.25) is 4.98 Å². The molecule has 0 aromatic carbocycles. The average molecular weight is 514 g/mol. The third kappa shape index (κ3) is 4.91. The maximum atomic E-state index is 4.51. The molecular formula is C16H41N4Si8+. The van der Waals surface area contributed by atoms with E-state index in [1.807, 2.05) is 9.68 Å². The number of hydrogen-bond donors (Lipinski definition) is 0. The molecule has 156 valence electrons. The standard InChI is InChI=1S/C16H41N4Si8/c1-13-10-11-17-12-16(13)19(22-21)25-28-20(15-8-4-5-9-15)26-23-18(24-27-20)14-6-2-3-7-14/h10-12,14-15H,2-9,22-28H2,1,21H3/q+1. The van der Waals surface area contributed by atoms with Crippen molar-refractivity contribution in [3.63, 3.8) is 0 Å². The van der Waals surface area contributed by atoms with Crippen LogP contribution in [0.2, 0.25) is 0 Å². The topological polar surface area (TPSA) is 19.4 Å². The van der Waals surface area contributed by atoms with Crippen LogP contribution in [-0.2, 0) is 0 Å². The minimum Gasteiger partial charge on any atom is -0.525 e. The predicted octanol–water partition coefficient (Wildman–Crippen LogP) is -4.17. The van der Waals surface area contributed by atoms with Crippen molar-refractivity contribution in [3.05, 3.63) is 24.0 Å². The zero-order chi connectivity index (χ0) is 19.4. The molecule has 1 aromatic heterocycles. The van der Waals surface area contributed by atoms with Crippen LogP contribution in [0.1, 0.15) is 56.9 Å². The van der Waals surface area contributed by atoms with Gasteiger partial charge >= 0.3 is 0 Å². The van der Waals surface area contributed by atoms with Crippen LogP contribution in [0.5, 0.6) is 0 Å². The SMILES string of the molecule is Cc1ccncc1N([SiH2][SiH3])[SiH2][SiH2][N+]1(C2CCCC2)[SiH2][SiH2]N(C2CCCC2)[SiH2][SiH2]1. The molecule has 0 amide bonds. The van der Waals surface area contributed by atoms with Crippen molar-refractivity contribution in [2.45, 2.75) is 70.4 Å². The second-order valence-electron chi connectivity index (χ2n) is 9.54. The fraction of sp³-hybridized carbons (Fsp3) is 0.688. The zero-order valence-electron chi connectivity index (χ0n) is 18.3. The first-order chi connectivity index (χ1) is 13.7. The summed E-state index contributed by atoms with van der Waals surface area (Å²) in [5, 5.41) is 0. The predicted molar refractivity (Wildman–Crippen MR) is 148 cm³/mol. The lowest BCUT2D eigenvalue weighted by Gasteiger charge is -2.54. The molecule has 0 radical (unpaired) electrons. The van der Waals surface area contributed by atoms with Crippen molar-refractivity contribution in [1.82, 2.24) is 9.22 Å². The molecule has 1 saturated heterocycles. The third-order valence-electron chi connectivity index (χ3n) is 8.15. The largest absolute Gasteiger partial charge is 0.525 e. The van der Waals surface area contributed by atoms with Crippen LogP contribution >= 0.6 is 0 Å². The Morgan fingerprint density at radius 1 is 1.14 bits per heavy atom. The highest BCUT2D eigenvalue weighted by atomic mass is 29.3. The van der Waals surface area contributed by atoms with E-state index < -0.39 is 0 Å². The van der Waals surface area contributed by atoms with Gasteiger partial charge in [-0.25, -0.2) is 0 Å². The summed E-state index contributed by atoms with van der Waals surface area (Å²) >= 11 is 0. The Labute approximate surface area is 190 Å². The third-order valence-corrected chi connectivity index (χ3v) is 64.0. The molecule has 3 aliphatic rings. The molecule has 2 heterocycles. The molecule has 4 rings (SSSR count). The van der Waals surface area contributed by atoms with Gasteiger partial charge in [0.2, 0.25) is 27.6 Å². The first-order valence-corrected chi connectivity index (χ1v) is 34.1. The second kappa shape index (κ2) is 10.3. The highest BCUT2D eigenvalue weighted by Crippen LogP contribution is 2.30. The number of aryl methyl sites for hydroxylation is 1. The quantitative estimate of drug-likeness (QED) is 0.345. The fourth-order valence-corrected chi connectivity index (χ4v) is 86.1. The minimum absolute atomic E-state index is 0.0323. The van der Waals surface area contributed by atoms with Crippen LogP contribution in [0.4, 0.5) is 5.69 Å². The Balaban J connectivity index is 1.44. The van der Waals surface area contributed by atoms with Gasteiger partial charge in [0.15, 0.2) is 9.20 Å². The summed E-state index contributed by atoms with van der Waals surface area (Å²) < 4.78 is 8.38. The number of hydrogen-bond acceptors (Lipinski definition) is 3. The Hall–Kier alpha value is 0.605. The molecular weight excluding hydrogens is 473 g/mol. The monoisotopic (exact) mass is 513 g/mol. The summed E-state index contributed by atoms with van der Waals surface area (Å²) in [7, 11) is 2.64. The van der Waals surface area contributed by atoms with E-state index in [1.165, 1.54) is 21.4 Å². The molecule has 2 aliphatic carbocycles. The number of aromatic nitrogens is 1. The first-order valence-electron chi connectivity index (χ1n) is 12.0. The van der Waals surface area contributed by atoms with Gasteiger partial charge in [-0.2, -0.15) is 0 Å². The summed E-state index contributed by atoms with van der Waals surface area (Å²) in [5.41, 5.74) is 3.09. The van der Waals surface area contributed by atoms with Gasteiger partial charge in [-0.1, -0.05) is 12.8 Å². The highest BCUT2D eigenvalue weighted by molar-refractivity contribution is 7.18. The molecule has 4 nitrogen and oxygen atoms in total. The van der Waals surface area contributed by atoms with Crippen molar-refractivity contribution in [3.8, 4) is 0 Å². The number of nitrogens with zero attached hydrogens (tertiary/aromatic N) is 4. The summed E-state index contributed by atoms with van der Waals surface area (Å²) in [5.74, 6) is 0. The van der Waals surface area contributed by atoms with Crippen LogP contribution in [0.3, 0.4) is 0 Å². The summed E-state index contributed by atoms with van der Waals surface area (Å²) in [6.45, 7) is 2.33. The van der Waals surface area contributed by atoms with E-state index in [0.717, 1.165) is 6.04 Å². The van der Waals surface area contributed by atoms with Crippen molar-refractivity contribution < 1.29 is 3.48 Å². The van der Waals surface area contributed by atoms with Crippen molar-refractivity contribution >= 4 is 79.8 Å². The smallest absolute Gasteiger partial charge is 0.217 e. The second-order valence-corrected chi connectivity index (χ2v) is 34.2. The Bertz CT molecular complexity index is 633. The Morgan fingerprint density at radius 2 is 1.82 bits per heavy atom. The van der Waals surface area contributed by atoms with Crippen molar-refractivity contribution in [2.75, 3.05) is 4.23 Å². The van der Waals surface area contributed by atoms with E-state index >= 15 is 0 Å². The number of quaternary nitrogens is 1. The van der Waals surface area contributed by atoms with Gasteiger partial charge in [0, 0.05) is 33.9 Å². The Morgan fingerprint density at radius 3 is 2.46 bits per heavy atom. The molecule has 0 spiro atoms. The molecule has 0 atom stereocenters. The molecule has 1 aromatic rings. The van der Waals surface area contributed by atoms with Crippen LogP contribution in [0.25, 0.3) is 0 Å². The van der Waals surface area contributed by atoms with Crippen molar-refractivity contribution in [2.24, 2.45) is 0 Å². The molecule has 3 fully saturated rings. The molecule has 0 bridgehead atoms. The van der Waals surface area contributed by atoms with Crippen LogP contribution < -0.4 is 4.23 Å². The molecule has 12 heteroatoms. The lowest BCUT2D eigenvalue weighted by molar-refractivity contribution is -0.604. The van der Waals surface area contributed by atoms with E-state index in [2.05, 4.69) is 32.6 Å². The van der Waals surface area contributed by atoms with E-state index in [9.17, 15) is 0 Å². The normalized spacial score (nSPS) is 32.3. The highest BCUT2D eigenvalue weighted by Gasteiger charge is 2.41.